The summed E-state index contributed by atoms with van der Waals surface area (Å²) >= 11 is 0. The van der Waals surface area contributed by atoms with Gasteiger partial charge in [0, 0.05) is 39.4 Å². The number of carbonyl (C=O) groups excluding carboxylic acids is 1. The zero-order chi connectivity index (χ0) is 16.4. The third-order valence-electron chi connectivity index (χ3n) is 4.08. The van der Waals surface area contributed by atoms with E-state index in [2.05, 4.69) is 32.2 Å². The summed E-state index contributed by atoms with van der Waals surface area (Å²) in [7, 11) is 3.91. The van der Waals surface area contributed by atoms with E-state index in [1.54, 1.807) is 24.1 Å². The highest BCUT2D eigenvalue weighted by Crippen LogP contribution is 2.21. The highest BCUT2D eigenvalue weighted by atomic mass is 16.1. The first kappa shape index (κ1) is 15.5. The lowest BCUT2D eigenvalue weighted by Crippen LogP contribution is -2.45. The SMILES string of the molecule is Cc1ccc(NC(=O)c2cnn(C)c2)nc1N1CCN(C)CC1. The molecule has 1 N–H and O–H groups in total. The molecular weight excluding hydrogens is 292 g/mol. The van der Waals surface area contributed by atoms with E-state index in [-0.39, 0.29) is 5.91 Å². The van der Waals surface area contributed by atoms with E-state index in [0.29, 0.717) is 11.4 Å². The van der Waals surface area contributed by atoms with Crippen molar-refractivity contribution in [3.8, 4) is 0 Å². The molecule has 0 aliphatic carbocycles. The Kier molecular flexibility index (Phi) is 4.29. The van der Waals surface area contributed by atoms with Gasteiger partial charge in [0.25, 0.3) is 5.91 Å². The van der Waals surface area contributed by atoms with Crippen LogP contribution in [0.1, 0.15) is 15.9 Å². The van der Waals surface area contributed by atoms with E-state index in [4.69, 9.17) is 0 Å². The number of nitrogens with one attached hydrogen (secondary N) is 1. The van der Waals surface area contributed by atoms with Crippen LogP contribution in [0.3, 0.4) is 0 Å². The lowest BCUT2D eigenvalue weighted by atomic mass is 10.2. The van der Waals surface area contributed by atoms with Crippen LogP contribution < -0.4 is 10.2 Å². The first-order chi connectivity index (χ1) is 11.0. The van der Waals surface area contributed by atoms with E-state index in [1.807, 2.05) is 19.1 Å². The molecule has 7 nitrogen and oxygen atoms in total. The quantitative estimate of drug-likeness (QED) is 0.920. The third-order valence-corrected chi connectivity index (χ3v) is 4.08. The number of aromatic nitrogens is 3. The van der Waals surface area contributed by atoms with Crippen molar-refractivity contribution in [2.75, 3.05) is 43.4 Å². The van der Waals surface area contributed by atoms with Gasteiger partial charge in [0.1, 0.15) is 11.6 Å². The van der Waals surface area contributed by atoms with Gasteiger partial charge >= 0.3 is 0 Å². The Hall–Kier alpha value is -2.41. The van der Waals surface area contributed by atoms with Gasteiger partial charge in [-0.05, 0) is 25.6 Å². The van der Waals surface area contributed by atoms with Gasteiger partial charge in [-0.1, -0.05) is 6.07 Å². The van der Waals surface area contributed by atoms with Gasteiger partial charge in [-0.15, -0.1) is 0 Å². The van der Waals surface area contributed by atoms with E-state index < -0.39 is 0 Å². The van der Waals surface area contributed by atoms with Crippen LogP contribution in [0.5, 0.6) is 0 Å². The molecule has 0 saturated carbocycles. The summed E-state index contributed by atoms with van der Waals surface area (Å²) in [6, 6.07) is 3.84. The van der Waals surface area contributed by atoms with Crippen molar-refractivity contribution in [1.82, 2.24) is 19.7 Å². The van der Waals surface area contributed by atoms with Gasteiger partial charge in [0.2, 0.25) is 0 Å². The van der Waals surface area contributed by atoms with Crippen LogP contribution in [-0.2, 0) is 7.05 Å². The molecule has 7 heteroatoms. The highest BCUT2D eigenvalue weighted by molar-refractivity contribution is 6.03. The Morgan fingerprint density at radius 1 is 1.17 bits per heavy atom. The molecule has 1 amide bonds. The second kappa shape index (κ2) is 6.37. The number of aryl methyl sites for hydroxylation is 2. The molecule has 1 fully saturated rings. The minimum absolute atomic E-state index is 0.196. The van der Waals surface area contributed by atoms with Crippen molar-refractivity contribution in [3.63, 3.8) is 0 Å². The van der Waals surface area contributed by atoms with Crippen LogP contribution in [0.4, 0.5) is 11.6 Å². The topological polar surface area (TPSA) is 66.3 Å². The standard InChI is InChI=1S/C16H22N6O/c1-12-4-5-14(19-16(23)13-10-17-21(3)11-13)18-15(12)22-8-6-20(2)7-9-22/h4-5,10-11H,6-9H2,1-3H3,(H,18,19,23). The molecule has 0 spiro atoms. The van der Waals surface area contributed by atoms with Crippen LogP contribution in [-0.4, -0.2) is 58.8 Å². The molecule has 3 heterocycles. The van der Waals surface area contributed by atoms with Crippen LogP contribution in [0.15, 0.2) is 24.5 Å². The largest absolute Gasteiger partial charge is 0.354 e. The molecule has 1 aliphatic heterocycles. The van der Waals surface area contributed by atoms with Crippen molar-refractivity contribution in [2.24, 2.45) is 7.05 Å². The average molecular weight is 314 g/mol. The van der Waals surface area contributed by atoms with Gasteiger partial charge in [-0.25, -0.2) is 4.98 Å². The Balaban J connectivity index is 1.76. The maximum absolute atomic E-state index is 12.2. The van der Waals surface area contributed by atoms with Gasteiger partial charge < -0.3 is 15.1 Å². The lowest BCUT2D eigenvalue weighted by Gasteiger charge is -2.34. The molecule has 0 bridgehead atoms. The molecule has 2 aromatic rings. The van der Waals surface area contributed by atoms with Crippen molar-refractivity contribution in [2.45, 2.75) is 6.92 Å². The second-order valence-corrected chi connectivity index (χ2v) is 5.98. The molecule has 3 rings (SSSR count). The molecule has 0 unspecified atom stereocenters. The predicted octanol–water partition coefficient (Wildman–Crippen LogP) is 1.13. The monoisotopic (exact) mass is 314 g/mol. The third kappa shape index (κ3) is 3.50. The Labute approximate surface area is 135 Å². The summed E-state index contributed by atoms with van der Waals surface area (Å²) in [6.45, 7) is 5.99. The summed E-state index contributed by atoms with van der Waals surface area (Å²) in [6.07, 6.45) is 3.23. The van der Waals surface area contributed by atoms with Gasteiger partial charge in [0.15, 0.2) is 0 Å². The van der Waals surface area contributed by atoms with E-state index >= 15 is 0 Å². The second-order valence-electron chi connectivity index (χ2n) is 5.98. The molecule has 1 saturated heterocycles. The highest BCUT2D eigenvalue weighted by Gasteiger charge is 2.18. The number of hydrogen-bond acceptors (Lipinski definition) is 5. The Morgan fingerprint density at radius 2 is 1.91 bits per heavy atom. The number of hydrogen-bond donors (Lipinski definition) is 1. The first-order valence-electron chi connectivity index (χ1n) is 7.74. The number of anilines is 2. The Morgan fingerprint density at radius 3 is 2.57 bits per heavy atom. The van der Waals surface area contributed by atoms with E-state index in [0.717, 1.165) is 37.6 Å². The fourth-order valence-electron chi connectivity index (χ4n) is 2.65. The summed E-state index contributed by atoms with van der Waals surface area (Å²) < 4.78 is 1.60. The van der Waals surface area contributed by atoms with E-state index in [1.165, 1.54) is 0 Å². The summed E-state index contributed by atoms with van der Waals surface area (Å²) in [5.41, 5.74) is 1.64. The van der Waals surface area contributed by atoms with Crippen LogP contribution >= 0.6 is 0 Å². The fraction of sp³-hybridized carbons (Fsp3) is 0.438. The fourth-order valence-corrected chi connectivity index (χ4v) is 2.65. The van der Waals surface area contributed by atoms with E-state index in [9.17, 15) is 4.79 Å². The van der Waals surface area contributed by atoms with Crippen molar-refractivity contribution >= 4 is 17.5 Å². The molecular formula is C16H22N6O. The zero-order valence-electron chi connectivity index (χ0n) is 13.8. The molecule has 1 aliphatic rings. The number of piperazine rings is 1. The summed E-state index contributed by atoms with van der Waals surface area (Å²) in [4.78, 5) is 21.4. The average Bonchev–Trinajstić information content (AvgIpc) is 2.97. The zero-order valence-corrected chi connectivity index (χ0v) is 13.8. The van der Waals surface area contributed by atoms with Gasteiger partial charge in [-0.2, -0.15) is 5.10 Å². The molecule has 0 atom stereocenters. The number of amides is 1. The maximum atomic E-state index is 12.2. The van der Waals surface area contributed by atoms with Crippen LogP contribution in [0.2, 0.25) is 0 Å². The van der Waals surface area contributed by atoms with Crippen molar-refractivity contribution < 1.29 is 4.79 Å². The van der Waals surface area contributed by atoms with Gasteiger partial charge in [-0.3, -0.25) is 9.48 Å². The maximum Gasteiger partial charge on any atom is 0.260 e. The molecule has 122 valence electrons. The van der Waals surface area contributed by atoms with Crippen LogP contribution in [0.25, 0.3) is 0 Å². The molecule has 23 heavy (non-hydrogen) atoms. The lowest BCUT2D eigenvalue weighted by molar-refractivity contribution is 0.102. The minimum atomic E-state index is -0.196. The number of pyridine rings is 1. The number of rotatable bonds is 3. The van der Waals surface area contributed by atoms with Crippen LogP contribution in [0, 0.1) is 6.92 Å². The van der Waals surface area contributed by atoms with Crippen molar-refractivity contribution in [1.29, 1.82) is 0 Å². The van der Waals surface area contributed by atoms with Crippen molar-refractivity contribution in [3.05, 3.63) is 35.7 Å². The number of carbonyl (C=O) groups is 1. The number of nitrogens with zero attached hydrogens (tertiary/aromatic N) is 5. The Bertz CT molecular complexity index is 702. The summed E-state index contributed by atoms with van der Waals surface area (Å²) in [5.74, 6) is 1.32. The summed E-state index contributed by atoms with van der Waals surface area (Å²) in [5, 5.41) is 6.86. The molecule has 2 aromatic heterocycles. The minimum Gasteiger partial charge on any atom is -0.354 e. The normalized spacial score (nSPS) is 15.7. The predicted molar refractivity (Wildman–Crippen MR) is 89.8 cm³/mol. The smallest absolute Gasteiger partial charge is 0.260 e. The first-order valence-corrected chi connectivity index (χ1v) is 7.74. The number of likely N-dealkylation sites (N-methyl/N-ethyl adjacent to an activating group) is 1. The molecule has 0 aromatic carbocycles. The van der Waals surface area contributed by atoms with Gasteiger partial charge in [0.05, 0.1) is 11.8 Å². The molecule has 0 radical (unpaired) electrons.